The highest BCUT2D eigenvalue weighted by atomic mass is 16.6. The summed E-state index contributed by atoms with van der Waals surface area (Å²) in [6, 6.07) is 15.0. The van der Waals surface area contributed by atoms with Crippen LogP contribution in [-0.4, -0.2) is 72.3 Å². The Bertz CT molecular complexity index is 1340. The van der Waals surface area contributed by atoms with Crippen molar-refractivity contribution in [3.05, 3.63) is 71.8 Å². The molecule has 2 aromatic carbocycles. The fourth-order valence-electron chi connectivity index (χ4n) is 4.36. The number of amides is 2. The largest absolute Gasteiger partial charge is 0.467 e. The van der Waals surface area contributed by atoms with Gasteiger partial charge in [-0.2, -0.15) is 0 Å². The summed E-state index contributed by atoms with van der Waals surface area (Å²) in [6.07, 6.45) is -2.83. The molecule has 1 fully saturated rings. The number of benzene rings is 2. The second kappa shape index (κ2) is 16.2. The Hall–Kier alpha value is -4.94. The number of cyclic esters (lactones) is 1. The number of hydrogen-bond acceptors (Lipinski definition) is 11. The molecule has 242 valence electrons. The van der Waals surface area contributed by atoms with Crippen molar-refractivity contribution in [2.45, 2.75) is 70.9 Å². The molecule has 1 aliphatic rings. The van der Waals surface area contributed by atoms with Gasteiger partial charge in [-0.05, 0) is 44.7 Å². The second-order valence-electron chi connectivity index (χ2n) is 11.2. The predicted molar refractivity (Wildman–Crippen MR) is 157 cm³/mol. The lowest BCUT2D eigenvalue weighted by Crippen LogP contribution is -2.45. The van der Waals surface area contributed by atoms with E-state index in [2.05, 4.69) is 5.32 Å². The normalized spacial score (nSPS) is 15.7. The van der Waals surface area contributed by atoms with Crippen LogP contribution in [0.3, 0.4) is 0 Å². The number of nitrogens with one attached hydrogen (secondary N) is 1. The Morgan fingerprint density at radius 3 is 2.04 bits per heavy atom. The van der Waals surface area contributed by atoms with E-state index in [-0.39, 0.29) is 32.8 Å². The van der Waals surface area contributed by atoms with Crippen LogP contribution in [0.5, 0.6) is 0 Å². The number of alkyl carbamates (subject to hydrolysis) is 1. The fourth-order valence-corrected chi connectivity index (χ4v) is 4.36. The van der Waals surface area contributed by atoms with E-state index in [1.165, 1.54) is 0 Å². The zero-order chi connectivity index (χ0) is 33.0. The average molecular weight is 627 g/mol. The van der Waals surface area contributed by atoms with Gasteiger partial charge < -0.3 is 29.0 Å². The van der Waals surface area contributed by atoms with Gasteiger partial charge in [-0.15, -0.1) is 0 Å². The maximum atomic E-state index is 13.5. The van der Waals surface area contributed by atoms with Crippen molar-refractivity contribution in [1.82, 2.24) is 10.2 Å². The standard InChI is InChI=1S/C32H38N2O11/c1-32(2,3)45-31(40)34-20-44-29(38)25(34)15-16-26(35)23(27(36)42-18-21-11-7-5-8-12-21)17-24(28(37)41-4)33-30(39)43-19-22-13-9-6-10-14-22/h5-14,23-25H,15-20H2,1-4H3,(H,33,39)/t23?,24-,25-/m0/s1. The number of rotatable bonds is 13. The summed E-state index contributed by atoms with van der Waals surface area (Å²) in [4.78, 5) is 78.1. The lowest BCUT2D eigenvalue weighted by atomic mass is 9.91. The van der Waals surface area contributed by atoms with Crippen LogP contribution in [0.4, 0.5) is 9.59 Å². The van der Waals surface area contributed by atoms with Gasteiger partial charge in [0.2, 0.25) is 0 Å². The van der Waals surface area contributed by atoms with Crippen molar-refractivity contribution in [3.8, 4) is 0 Å². The molecule has 13 nitrogen and oxygen atoms in total. The number of esters is 3. The monoisotopic (exact) mass is 626 g/mol. The van der Waals surface area contributed by atoms with Crippen LogP contribution in [-0.2, 0) is 56.1 Å². The number of methoxy groups -OCH3 is 1. The van der Waals surface area contributed by atoms with E-state index in [9.17, 15) is 28.8 Å². The van der Waals surface area contributed by atoms with E-state index in [1.54, 1.807) is 81.4 Å². The first-order valence-corrected chi connectivity index (χ1v) is 14.3. The Morgan fingerprint density at radius 1 is 0.911 bits per heavy atom. The van der Waals surface area contributed by atoms with Crippen molar-refractivity contribution in [3.63, 3.8) is 0 Å². The number of ether oxygens (including phenoxy) is 5. The molecule has 45 heavy (non-hydrogen) atoms. The van der Waals surface area contributed by atoms with Gasteiger partial charge in [-0.3, -0.25) is 14.5 Å². The molecule has 0 radical (unpaired) electrons. The van der Waals surface area contributed by atoms with Gasteiger partial charge in [0, 0.05) is 6.42 Å². The van der Waals surface area contributed by atoms with Crippen LogP contribution in [0.2, 0.25) is 0 Å². The highest BCUT2D eigenvalue weighted by Gasteiger charge is 2.41. The lowest BCUT2D eigenvalue weighted by molar-refractivity contribution is -0.154. The molecule has 0 spiro atoms. The number of nitrogens with zero attached hydrogens (tertiary/aromatic N) is 1. The number of hydrogen-bond donors (Lipinski definition) is 1. The number of ketones is 1. The van der Waals surface area contributed by atoms with Crippen molar-refractivity contribution in [2.24, 2.45) is 5.92 Å². The topological polar surface area (TPSA) is 164 Å². The van der Waals surface area contributed by atoms with Crippen LogP contribution in [0.25, 0.3) is 0 Å². The average Bonchev–Trinajstić information content (AvgIpc) is 3.39. The molecule has 3 atom stereocenters. The van der Waals surface area contributed by atoms with Gasteiger partial charge in [0.05, 0.1) is 7.11 Å². The number of Topliss-reactive ketones (excluding diaryl/α,β-unsaturated/α-hetero) is 1. The summed E-state index contributed by atoms with van der Waals surface area (Å²) in [7, 11) is 1.09. The fraction of sp³-hybridized carbons (Fsp3) is 0.438. The number of carbonyl (C=O) groups excluding carboxylic acids is 6. The van der Waals surface area contributed by atoms with E-state index in [4.69, 9.17) is 23.7 Å². The zero-order valence-electron chi connectivity index (χ0n) is 25.7. The van der Waals surface area contributed by atoms with E-state index < -0.39 is 65.9 Å². The molecular formula is C32H38N2O11. The predicted octanol–water partition coefficient (Wildman–Crippen LogP) is 3.67. The summed E-state index contributed by atoms with van der Waals surface area (Å²) >= 11 is 0. The minimum absolute atomic E-state index is 0.0896. The minimum Gasteiger partial charge on any atom is -0.467 e. The SMILES string of the molecule is COC(=O)[C@H](CC(C(=O)CC[C@H]1C(=O)OCN1C(=O)OC(C)(C)C)C(=O)OCc1ccccc1)NC(=O)OCc1ccccc1. The molecule has 3 rings (SSSR count). The Kier molecular flexibility index (Phi) is 12.5. The Labute approximate surface area is 261 Å². The van der Waals surface area contributed by atoms with Crippen LogP contribution < -0.4 is 5.32 Å². The smallest absolute Gasteiger partial charge is 0.413 e. The summed E-state index contributed by atoms with van der Waals surface area (Å²) in [6.45, 7) is 4.40. The first-order valence-electron chi connectivity index (χ1n) is 14.3. The molecule has 0 bridgehead atoms. The first kappa shape index (κ1) is 34.5. The Morgan fingerprint density at radius 2 is 1.49 bits per heavy atom. The molecule has 2 aromatic rings. The van der Waals surface area contributed by atoms with Crippen LogP contribution >= 0.6 is 0 Å². The summed E-state index contributed by atoms with van der Waals surface area (Å²) in [5.41, 5.74) is 0.519. The molecule has 0 aliphatic carbocycles. The molecule has 1 heterocycles. The molecule has 0 aromatic heterocycles. The van der Waals surface area contributed by atoms with Crippen molar-refractivity contribution >= 4 is 35.9 Å². The third-order valence-corrected chi connectivity index (χ3v) is 6.65. The van der Waals surface area contributed by atoms with Crippen LogP contribution in [0.15, 0.2) is 60.7 Å². The Balaban J connectivity index is 1.74. The highest BCUT2D eigenvalue weighted by molar-refractivity contribution is 6.00. The minimum atomic E-state index is -1.54. The second-order valence-corrected chi connectivity index (χ2v) is 11.2. The molecule has 2 amide bonds. The molecule has 1 saturated heterocycles. The van der Waals surface area contributed by atoms with Crippen molar-refractivity contribution in [1.29, 1.82) is 0 Å². The van der Waals surface area contributed by atoms with E-state index in [1.807, 2.05) is 0 Å². The molecule has 1 aliphatic heterocycles. The van der Waals surface area contributed by atoms with Crippen LogP contribution in [0.1, 0.15) is 51.2 Å². The van der Waals surface area contributed by atoms with Gasteiger partial charge in [-0.25, -0.2) is 19.2 Å². The lowest BCUT2D eigenvalue weighted by Gasteiger charge is -2.26. The third kappa shape index (κ3) is 10.9. The number of carbonyl (C=O) groups is 6. The molecule has 13 heteroatoms. The molecule has 0 saturated carbocycles. The van der Waals surface area contributed by atoms with Crippen molar-refractivity contribution < 1.29 is 52.5 Å². The summed E-state index contributed by atoms with van der Waals surface area (Å²) in [5, 5.41) is 2.36. The van der Waals surface area contributed by atoms with E-state index >= 15 is 0 Å². The van der Waals surface area contributed by atoms with E-state index in [0.29, 0.717) is 11.1 Å². The molecular weight excluding hydrogens is 588 g/mol. The zero-order valence-corrected chi connectivity index (χ0v) is 25.7. The van der Waals surface area contributed by atoms with Gasteiger partial charge in [0.1, 0.15) is 42.6 Å². The summed E-state index contributed by atoms with van der Waals surface area (Å²) < 4.78 is 25.8. The molecule has 1 N–H and O–H groups in total. The maximum absolute atomic E-state index is 13.5. The maximum Gasteiger partial charge on any atom is 0.413 e. The van der Waals surface area contributed by atoms with Crippen LogP contribution in [0, 0.1) is 5.92 Å². The third-order valence-electron chi connectivity index (χ3n) is 6.65. The molecule has 1 unspecified atom stereocenters. The highest BCUT2D eigenvalue weighted by Crippen LogP contribution is 2.23. The van der Waals surface area contributed by atoms with Gasteiger partial charge >= 0.3 is 30.1 Å². The van der Waals surface area contributed by atoms with E-state index in [0.717, 1.165) is 12.0 Å². The van der Waals surface area contributed by atoms with Gasteiger partial charge in [0.25, 0.3) is 0 Å². The quantitative estimate of drug-likeness (QED) is 0.196. The first-order chi connectivity index (χ1) is 21.4. The van der Waals surface area contributed by atoms with Gasteiger partial charge in [-0.1, -0.05) is 60.7 Å². The summed E-state index contributed by atoms with van der Waals surface area (Å²) in [5.74, 6) is -4.83. The van der Waals surface area contributed by atoms with Crippen molar-refractivity contribution in [2.75, 3.05) is 13.8 Å². The van der Waals surface area contributed by atoms with Gasteiger partial charge in [0.15, 0.2) is 6.73 Å².